The molecular weight excluding hydrogens is 1010 g/mol. The highest BCUT2D eigenvalue weighted by molar-refractivity contribution is 7.44. The molecule has 6 rings (SSSR count). The van der Waals surface area contributed by atoms with Gasteiger partial charge in [-0.3, -0.25) is 14.2 Å². The smallest absolute Gasteiger partial charge is 0.351 e. The summed E-state index contributed by atoms with van der Waals surface area (Å²) in [4.78, 5) is 45.6. The number of aromatic nitrogens is 2. The van der Waals surface area contributed by atoms with Crippen LogP contribution < -0.4 is 25.8 Å². The number of nitrogens with zero attached hydrogens (tertiary/aromatic N) is 4. The third-order valence-electron chi connectivity index (χ3n) is 13.4. The van der Waals surface area contributed by atoms with Crippen molar-refractivity contribution in [1.29, 1.82) is 5.26 Å². The first-order valence-corrected chi connectivity index (χ1v) is 28.2. The van der Waals surface area contributed by atoms with Gasteiger partial charge in [0.25, 0.3) is 14.4 Å². The van der Waals surface area contributed by atoms with Crippen LogP contribution in [-0.2, 0) is 33.7 Å². The number of nitriles is 1. The van der Waals surface area contributed by atoms with Crippen LogP contribution in [0.15, 0.2) is 126 Å². The van der Waals surface area contributed by atoms with Crippen molar-refractivity contribution in [3.05, 3.63) is 154 Å². The van der Waals surface area contributed by atoms with Gasteiger partial charge in [-0.1, -0.05) is 118 Å². The van der Waals surface area contributed by atoms with Crippen LogP contribution in [0.2, 0.25) is 0 Å². The molecule has 1 aromatic heterocycles. The quantitative estimate of drug-likeness (QED) is 0.0175. The summed E-state index contributed by atoms with van der Waals surface area (Å²) >= 11 is 0. The van der Waals surface area contributed by atoms with Crippen molar-refractivity contribution >= 4 is 26.2 Å². The molecule has 0 bridgehead atoms. The number of terminal acetylenes is 1. The van der Waals surface area contributed by atoms with E-state index in [1.165, 1.54) is 36.1 Å². The molecule has 78 heavy (non-hydrogen) atoms. The molecule has 0 saturated carbocycles. The number of hydrogen-bond donors (Lipinski definition) is 2. The van der Waals surface area contributed by atoms with E-state index in [1.54, 1.807) is 44.6 Å². The zero-order chi connectivity index (χ0) is 55.7. The normalized spacial score (nSPS) is 16.7. The minimum atomic E-state index is -1.96. The molecule has 16 nitrogen and oxygen atoms in total. The van der Waals surface area contributed by atoms with Crippen LogP contribution >= 0.6 is 8.53 Å². The molecule has 1 saturated heterocycles. The number of rotatable bonds is 33. The number of carbonyl (C=O) groups excluding carboxylic acids is 2. The van der Waals surface area contributed by atoms with Gasteiger partial charge in [-0.15, -0.1) is 12.3 Å². The molecule has 2 amide bonds. The van der Waals surface area contributed by atoms with Gasteiger partial charge in [-0.25, -0.2) is 9.46 Å². The van der Waals surface area contributed by atoms with Crippen LogP contribution in [0.25, 0.3) is 0 Å². The lowest BCUT2D eigenvalue weighted by Crippen LogP contribution is -2.44. The van der Waals surface area contributed by atoms with Crippen molar-refractivity contribution < 1.29 is 42.3 Å². The van der Waals surface area contributed by atoms with E-state index in [4.69, 9.17) is 39.2 Å². The number of unbranched alkanes of at least 4 members (excludes halogenated alkanes) is 9. The van der Waals surface area contributed by atoms with Crippen molar-refractivity contribution in [2.45, 2.75) is 141 Å². The molecule has 0 aliphatic carbocycles. The summed E-state index contributed by atoms with van der Waals surface area (Å²) in [7, 11) is 1.26. The topological polar surface area (TPSA) is 185 Å². The van der Waals surface area contributed by atoms with Crippen LogP contribution in [0.4, 0.5) is 5.82 Å². The first-order chi connectivity index (χ1) is 37.9. The zero-order valence-electron chi connectivity index (χ0n) is 46.0. The highest BCUT2D eigenvalue weighted by Crippen LogP contribution is 2.51. The van der Waals surface area contributed by atoms with Crippen molar-refractivity contribution in [3.63, 3.8) is 0 Å². The fourth-order valence-corrected chi connectivity index (χ4v) is 11.3. The second-order valence-electron chi connectivity index (χ2n) is 19.6. The maximum absolute atomic E-state index is 14.4. The molecule has 4 aromatic carbocycles. The summed E-state index contributed by atoms with van der Waals surface area (Å²) in [5, 5.41) is 15.4. The third-order valence-corrected chi connectivity index (χ3v) is 15.5. The molecular formula is C61H77N6O10P. The molecule has 1 unspecified atom stereocenters. The zero-order valence-corrected chi connectivity index (χ0v) is 46.9. The van der Waals surface area contributed by atoms with Gasteiger partial charge in [0.1, 0.15) is 47.8 Å². The molecule has 1 fully saturated rings. The van der Waals surface area contributed by atoms with E-state index in [1.807, 2.05) is 107 Å². The Balaban J connectivity index is 1.38. The maximum Gasteiger partial charge on any atom is 0.351 e. The van der Waals surface area contributed by atoms with E-state index in [9.17, 15) is 19.6 Å². The van der Waals surface area contributed by atoms with Crippen LogP contribution in [0, 0.1) is 23.7 Å². The first kappa shape index (κ1) is 60.8. The highest BCUT2D eigenvalue weighted by atomic mass is 31.2. The van der Waals surface area contributed by atoms with E-state index >= 15 is 0 Å². The van der Waals surface area contributed by atoms with Crippen LogP contribution in [0.1, 0.15) is 132 Å². The minimum absolute atomic E-state index is 0.0225. The van der Waals surface area contributed by atoms with Crippen LogP contribution in [0.3, 0.4) is 0 Å². The predicted molar refractivity (Wildman–Crippen MR) is 303 cm³/mol. The molecule has 416 valence electrons. The van der Waals surface area contributed by atoms with E-state index in [0.29, 0.717) is 23.6 Å². The van der Waals surface area contributed by atoms with Gasteiger partial charge in [0.2, 0.25) is 5.91 Å². The van der Waals surface area contributed by atoms with E-state index in [-0.39, 0.29) is 43.4 Å². The van der Waals surface area contributed by atoms with E-state index in [0.717, 1.165) is 61.6 Å². The van der Waals surface area contributed by atoms with Gasteiger partial charge in [-0.05, 0) is 99.7 Å². The summed E-state index contributed by atoms with van der Waals surface area (Å²) < 4.78 is 49.4. The lowest BCUT2D eigenvalue weighted by atomic mass is 9.80. The van der Waals surface area contributed by atoms with Crippen molar-refractivity contribution in [3.8, 4) is 29.9 Å². The van der Waals surface area contributed by atoms with Gasteiger partial charge >= 0.3 is 5.69 Å². The molecule has 17 heteroatoms. The summed E-state index contributed by atoms with van der Waals surface area (Å²) in [5.41, 5.74) is 0.662. The van der Waals surface area contributed by atoms with Crippen LogP contribution in [0.5, 0.6) is 11.5 Å². The number of amides is 2. The minimum Gasteiger partial charge on any atom is -0.497 e. The van der Waals surface area contributed by atoms with Gasteiger partial charge < -0.3 is 43.4 Å². The SMILES string of the molecule is C#CCCCCCCCCCCCNC(=O)CO[C@@H]1[C@H](OP(OCCC#N)N(C(C)C)C(C)C)[C@@H](COC(c2ccccc2)(c2ccc(OC)cc2)c2ccc(OC)cc2)O[C@H]1n1ccc(NC(=O)c2ccccc2)nc1=O. The molecule has 0 radical (unpaired) electrons. The molecule has 1 aliphatic heterocycles. The van der Waals surface area contributed by atoms with E-state index < -0.39 is 56.9 Å². The molecule has 5 atom stereocenters. The average molecular weight is 1090 g/mol. The summed E-state index contributed by atoms with van der Waals surface area (Å²) in [6, 6.07) is 37.2. The van der Waals surface area contributed by atoms with Crippen LogP contribution in [-0.4, -0.2) is 97.0 Å². The molecule has 1 aliphatic rings. The summed E-state index contributed by atoms with van der Waals surface area (Å²) in [6.07, 6.45) is 13.1. The fraction of sp³-hybridized carbons (Fsp3) is 0.459. The number of ether oxygens (including phenoxy) is 5. The lowest BCUT2D eigenvalue weighted by molar-refractivity contribution is -0.132. The Morgan fingerprint density at radius 2 is 1.33 bits per heavy atom. The number of anilines is 1. The fourth-order valence-electron chi connectivity index (χ4n) is 9.54. The van der Waals surface area contributed by atoms with Crippen molar-refractivity contribution in [2.24, 2.45) is 0 Å². The third kappa shape index (κ3) is 17.0. The Labute approximate surface area is 462 Å². The number of nitrogens with one attached hydrogen (secondary N) is 2. The Hall–Kier alpha value is -6.46. The Bertz CT molecular complexity index is 2680. The predicted octanol–water partition coefficient (Wildman–Crippen LogP) is 11.1. The first-order valence-electron chi connectivity index (χ1n) is 27.1. The monoisotopic (exact) mass is 1080 g/mol. The highest BCUT2D eigenvalue weighted by Gasteiger charge is 2.52. The molecule has 2 heterocycles. The van der Waals surface area contributed by atoms with E-state index in [2.05, 4.69) is 32.3 Å². The molecule has 5 aromatic rings. The van der Waals surface area contributed by atoms with Crippen molar-refractivity contribution in [2.75, 3.05) is 45.9 Å². The number of hydrogen-bond acceptors (Lipinski definition) is 13. The number of methoxy groups -OCH3 is 2. The van der Waals surface area contributed by atoms with Gasteiger partial charge in [0, 0.05) is 36.8 Å². The Morgan fingerprint density at radius 3 is 1.88 bits per heavy atom. The second-order valence-corrected chi connectivity index (χ2v) is 21.0. The van der Waals surface area contributed by atoms with Gasteiger partial charge in [-0.2, -0.15) is 10.2 Å². The number of carbonyl (C=O) groups is 2. The Morgan fingerprint density at radius 1 is 0.769 bits per heavy atom. The van der Waals surface area contributed by atoms with Gasteiger partial charge in [0.05, 0.1) is 39.9 Å². The Kier molecular flexibility index (Phi) is 24.8. The molecule has 2 N–H and O–H groups in total. The molecule has 0 spiro atoms. The van der Waals surface area contributed by atoms with Gasteiger partial charge in [0.15, 0.2) is 6.23 Å². The summed E-state index contributed by atoms with van der Waals surface area (Å²) in [6.45, 7) is 8.10. The maximum atomic E-state index is 14.4. The average Bonchev–Trinajstić information content (AvgIpc) is 3.79. The lowest BCUT2D eigenvalue weighted by Gasteiger charge is -2.39. The number of benzene rings is 4. The standard InChI is InChI=1S/C61H77N6O10P/c1-8-9-10-11-12-13-14-15-16-17-24-40-63-55(68)44-73-57-56(77-78(75-42-25-39-62)67(45(2)3)46(4)5)53(76-59(57)66-41-38-54(65-60(66)70)64-58(69)47-26-20-18-21-27-47)43-74-61(48-28-22-19-23-29-48,49-30-34-51(71-6)35-31-49)50-32-36-52(72-7)37-33-50/h1,18-23,26-38,41,45-46,53,56-57,59H,9-17,24-25,40,42-44H2,2-7H3,(H,63,68)(H,64,65,69,70)/t53-,56-,57-,59-,78?/m1/s1. The summed E-state index contributed by atoms with van der Waals surface area (Å²) in [5.74, 6) is 3.23. The largest absolute Gasteiger partial charge is 0.497 e. The second kappa shape index (κ2) is 31.8. The van der Waals surface area contributed by atoms with Crippen molar-refractivity contribution in [1.82, 2.24) is 19.5 Å².